The molecule has 1 aromatic rings. The second kappa shape index (κ2) is 5.50. The highest BCUT2D eigenvalue weighted by molar-refractivity contribution is 8.00. The van der Waals surface area contributed by atoms with Gasteiger partial charge < -0.3 is 5.32 Å². The zero-order chi connectivity index (χ0) is 12.3. The normalized spacial score (nSPS) is 19.2. The zero-order valence-electron chi connectivity index (χ0n) is 8.93. The Morgan fingerprint density at radius 3 is 3.18 bits per heavy atom. The van der Waals surface area contributed by atoms with Gasteiger partial charge in [0.2, 0.25) is 11.1 Å². The van der Waals surface area contributed by atoms with E-state index in [0.29, 0.717) is 11.8 Å². The Labute approximate surface area is 107 Å². The van der Waals surface area contributed by atoms with Crippen molar-refractivity contribution in [2.24, 2.45) is 0 Å². The molecule has 1 atom stereocenters. The first-order valence-electron chi connectivity index (χ1n) is 5.19. The fourth-order valence-electron chi connectivity index (χ4n) is 1.63. The molecule has 1 aliphatic rings. The molecule has 8 heteroatoms. The van der Waals surface area contributed by atoms with E-state index in [1.165, 1.54) is 6.42 Å². The summed E-state index contributed by atoms with van der Waals surface area (Å²) in [6.07, 6.45) is 3.45. The second-order valence-electron chi connectivity index (χ2n) is 3.65. The van der Waals surface area contributed by atoms with E-state index in [4.69, 9.17) is 11.6 Å². The third kappa shape index (κ3) is 3.19. The predicted molar refractivity (Wildman–Crippen MR) is 67.7 cm³/mol. The van der Waals surface area contributed by atoms with Crippen molar-refractivity contribution in [2.75, 3.05) is 17.6 Å². The van der Waals surface area contributed by atoms with Crippen LogP contribution < -0.4 is 5.32 Å². The first-order valence-corrected chi connectivity index (χ1v) is 6.62. The van der Waals surface area contributed by atoms with Crippen molar-refractivity contribution in [1.29, 1.82) is 0 Å². The van der Waals surface area contributed by atoms with Gasteiger partial charge in [-0.05, 0) is 30.2 Å². The Balaban J connectivity index is 2.07. The van der Waals surface area contributed by atoms with Crippen LogP contribution in [0.3, 0.4) is 0 Å². The van der Waals surface area contributed by atoms with Crippen molar-refractivity contribution in [3.8, 4) is 0 Å². The number of anilines is 1. The lowest BCUT2D eigenvalue weighted by Gasteiger charge is -2.10. The van der Waals surface area contributed by atoms with Crippen LogP contribution in [-0.2, 0) is 0 Å². The van der Waals surface area contributed by atoms with Crippen molar-refractivity contribution in [1.82, 2.24) is 9.97 Å². The minimum atomic E-state index is -0.513. The highest BCUT2D eigenvalue weighted by Crippen LogP contribution is 2.28. The number of nitrogens with one attached hydrogen (secondary N) is 1. The van der Waals surface area contributed by atoms with Gasteiger partial charge in [-0.1, -0.05) is 0 Å². The SMILES string of the molecule is O=[N+]([O-])c1cnc(Cl)nc1NCC1CCCS1. The highest BCUT2D eigenvalue weighted by atomic mass is 35.5. The lowest BCUT2D eigenvalue weighted by atomic mass is 10.2. The van der Waals surface area contributed by atoms with Crippen LogP contribution in [0.2, 0.25) is 5.28 Å². The summed E-state index contributed by atoms with van der Waals surface area (Å²) in [4.78, 5) is 17.7. The Hall–Kier alpha value is -1.08. The maximum absolute atomic E-state index is 10.8. The molecule has 92 valence electrons. The van der Waals surface area contributed by atoms with Gasteiger partial charge in [0.15, 0.2) is 0 Å². The lowest BCUT2D eigenvalue weighted by Crippen LogP contribution is -2.15. The number of rotatable bonds is 4. The van der Waals surface area contributed by atoms with Gasteiger partial charge >= 0.3 is 5.69 Å². The molecule has 1 aromatic heterocycles. The van der Waals surface area contributed by atoms with Crippen LogP contribution in [0.25, 0.3) is 0 Å². The molecule has 0 aromatic carbocycles. The van der Waals surface area contributed by atoms with Gasteiger partial charge in [0.05, 0.1) is 4.92 Å². The van der Waals surface area contributed by atoms with Gasteiger partial charge in [-0.3, -0.25) is 10.1 Å². The van der Waals surface area contributed by atoms with Gasteiger partial charge in [-0.15, -0.1) is 0 Å². The molecular weight excluding hydrogens is 264 g/mol. The molecule has 0 amide bonds. The average Bonchev–Trinajstić information content (AvgIpc) is 2.78. The minimum Gasteiger partial charge on any atom is -0.363 e. The van der Waals surface area contributed by atoms with Crippen molar-refractivity contribution in [3.05, 3.63) is 21.6 Å². The van der Waals surface area contributed by atoms with Crippen molar-refractivity contribution >= 4 is 34.9 Å². The molecule has 1 fully saturated rings. The molecular formula is C9H11ClN4O2S. The van der Waals surface area contributed by atoms with Crippen LogP contribution in [0.15, 0.2) is 6.20 Å². The summed E-state index contributed by atoms with van der Waals surface area (Å²) >= 11 is 7.50. The van der Waals surface area contributed by atoms with Crippen LogP contribution in [-0.4, -0.2) is 32.4 Å². The summed E-state index contributed by atoms with van der Waals surface area (Å²) in [5.41, 5.74) is -0.141. The Morgan fingerprint density at radius 2 is 2.53 bits per heavy atom. The molecule has 1 N–H and O–H groups in total. The van der Waals surface area contributed by atoms with E-state index >= 15 is 0 Å². The van der Waals surface area contributed by atoms with Gasteiger partial charge in [-0.25, -0.2) is 4.98 Å². The minimum absolute atomic E-state index is 0.0113. The molecule has 0 spiro atoms. The summed E-state index contributed by atoms with van der Waals surface area (Å²) in [6, 6.07) is 0. The molecule has 0 saturated carbocycles. The van der Waals surface area contributed by atoms with Crippen LogP contribution in [0.1, 0.15) is 12.8 Å². The Bertz CT molecular complexity index is 425. The van der Waals surface area contributed by atoms with Gasteiger partial charge in [0, 0.05) is 11.8 Å². The third-order valence-electron chi connectivity index (χ3n) is 2.46. The van der Waals surface area contributed by atoms with Crippen LogP contribution >= 0.6 is 23.4 Å². The summed E-state index contributed by atoms with van der Waals surface area (Å²) in [7, 11) is 0. The molecule has 2 rings (SSSR count). The standard InChI is InChI=1S/C9H11ClN4O2S/c10-9-12-5-7(14(15)16)8(13-9)11-4-6-2-1-3-17-6/h5-6H,1-4H2,(H,11,12,13). The van der Waals surface area contributed by atoms with E-state index in [0.717, 1.165) is 18.4 Å². The predicted octanol–water partition coefficient (Wildman–Crippen LogP) is 2.35. The maximum Gasteiger partial charge on any atom is 0.329 e. The average molecular weight is 275 g/mol. The fourth-order valence-corrected chi connectivity index (χ4v) is 2.97. The molecule has 1 unspecified atom stereocenters. The first kappa shape index (κ1) is 12.4. The molecule has 17 heavy (non-hydrogen) atoms. The molecule has 0 aliphatic carbocycles. The molecule has 0 bridgehead atoms. The number of aromatic nitrogens is 2. The number of nitro groups is 1. The number of nitrogens with zero attached hydrogens (tertiary/aromatic N) is 3. The first-order chi connectivity index (χ1) is 8.16. The topological polar surface area (TPSA) is 81.0 Å². The van der Waals surface area contributed by atoms with Gasteiger partial charge in [0.25, 0.3) is 0 Å². The Morgan fingerprint density at radius 1 is 1.71 bits per heavy atom. The van der Waals surface area contributed by atoms with E-state index in [-0.39, 0.29) is 16.8 Å². The quantitative estimate of drug-likeness (QED) is 0.516. The number of thioether (sulfide) groups is 1. The van der Waals surface area contributed by atoms with Crippen LogP contribution in [0, 0.1) is 10.1 Å². The highest BCUT2D eigenvalue weighted by Gasteiger charge is 2.20. The maximum atomic E-state index is 10.8. The molecule has 1 saturated heterocycles. The van der Waals surface area contributed by atoms with Gasteiger partial charge in [0.1, 0.15) is 6.20 Å². The number of hydrogen-bond donors (Lipinski definition) is 1. The van der Waals surface area contributed by atoms with Crippen molar-refractivity contribution in [2.45, 2.75) is 18.1 Å². The molecule has 2 heterocycles. The van der Waals surface area contributed by atoms with Crippen LogP contribution in [0.5, 0.6) is 0 Å². The fraction of sp³-hybridized carbons (Fsp3) is 0.556. The lowest BCUT2D eigenvalue weighted by molar-refractivity contribution is -0.384. The monoisotopic (exact) mass is 274 g/mol. The van der Waals surface area contributed by atoms with Crippen molar-refractivity contribution in [3.63, 3.8) is 0 Å². The summed E-state index contributed by atoms with van der Waals surface area (Å²) in [5.74, 6) is 1.35. The smallest absolute Gasteiger partial charge is 0.329 e. The second-order valence-corrected chi connectivity index (χ2v) is 5.39. The zero-order valence-corrected chi connectivity index (χ0v) is 10.5. The van der Waals surface area contributed by atoms with Crippen LogP contribution in [0.4, 0.5) is 11.5 Å². The van der Waals surface area contributed by atoms with Gasteiger partial charge in [-0.2, -0.15) is 16.7 Å². The van der Waals surface area contributed by atoms with E-state index in [2.05, 4.69) is 15.3 Å². The van der Waals surface area contributed by atoms with E-state index in [9.17, 15) is 10.1 Å². The summed E-state index contributed by atoms with van der Waals surface area (Å²) in [5, 5.41) is 14.2. The third-order valence-corrected chi connectivity index (χ3v) is 4.04. The molecule has 6 nitrogen and oxygen atoms in total. The number of hydrogen-bond acceptors (Lipinski definition) is 6. The largest absolute Gasteiger partial charge is 0.363 e. The van der Waals surface area contributed by atoms with E-state index in [1.807, 2.05) is 11.8 Å². The molecule has 1 aliphatic heterocycles. The Kier molecular flexibility index (Phi) is 4.01. The summed E-state index contributed by atoms with van der Waals surface area (Å²) in [6.45, 7) is 0.666. The van der Waals surface area contributed by atoms with Crippen molar-refractivity contribution < 1.29 is 4.92 Å². The van der Waals surface area contributed by atoms with E-state index < -0.39 is 4.92 Å². The molecule has 0 radical (unpaired) electrons. The number of halogens is 1. The summed E-state index contributed by atoms with van der Waals surface area (Å²) < 4.78 is 0. The van der Waals surface area contributed by atoms with E-state index in [1.54, 1.807) is 0 Å².